The first kappa shape index (κ1) is 21.4. The maximum absolute atomic E-state index is 12.3. The van der Waals surface area contributed by atoms with E-state index in [-0.39, 0.29) is 0 Å². The lowest BCUT2D eigenvalue weighted by molar-refractivity contribution is 0.100. The first-order chi connectivity index (χ1) is 16.0. The fraction of sp³-hybridized carbons (Fsp3) is 0.0741. The van der Waals surface area contributed by atoms with Gasteiger partial charge in [-0.2, -0.15) is 0 Å². The zero-order valence-corrected chi connectivity index (χ0v) is 19.3. The van der Waals surface area contributed by atoms with Crippen molar-refractivity contribution >= 4 is 50.9 Å². The number of ether oxygens (including phenoxy) is 1. The zero-order valence-electron chi connectivity index (χ0n) is 17.8. The SMILES string of the molecule is COc1ccccc1Cn1c2cc(-c3ccc(Cl)cc3Cl)ccc2c2c(C(N)=O)cccc21. The summed E-state index contributed by atoms with van der Waals surface area (Å²) in [6.07, 6.45) is 0. The molecule has 0 atom stereocenters. The van der Waals surface area contributed by atoms with Crippen LogP contribution in [0.1, 0.15) is 15.9 Å². The Morgan fingerprint density at radius 2 is 1.76 bits per heavy atom. The van der Waals surface area contributed by atoms with Crippen molar-refractivity contribution in [3.63, 3.8) is 0 Å². The Morgan fingerprint density at radius 3 is 2.52 bits per heavy atom. The van der Waals surface area contributed by atoms with Gasteiger partial charge in [-0.3, -0.25) is 4.79 Å². The number of halogens is 2. The van der Waals surface area contributed by atoms with Crippen LogP contribution in [-0.4, -0.2) is 17.6 Å². The Kier molecular flexibility index (Phi) is 5.49. The smallest absolute Gasteiger partial charge is 0.249 e. The first-order valence-corrected chi connectivity index (χ1v) is 11.2. The van der Waals surface area contributed by atoms with E-state index in [1.54, 1.807) is 19.2 Å². The minimum Gasteiger partial charge on any atom is -0.496 e. The van der Waals surface area contributed by atoms with E-state index in [9.17, 15) is 4.79 Å². The van der Waals surface area contributed by atoms with Crippen molar-refractivity contribution in [2.75, 3.05) is 7.11 Å². The van der Waals surface area contributed by atoms with Crippen LogP contribution in [0.15, 0.2) is 78.9 Å². The maximum Gasteiger partial charge on any atom is 0.249 e. The second kappa shape index (κ2) is 8.47. The van der Waals surface area contributed by atoms with Gasteiger partial charge in [-0.05, 0) is 42.0 Å². The van der Waals surface area contributed by atoms with Crippen molar-refractivity contribution in [2.45, 2.75) is 6.54 Å². The fourth-order valence-electron chi connectivity index (χ4n) is 4.41. The van der Waals surface area contributed by atoms with Crippen LogP contribution in [0.3, 0.4) is 0 Å². The molecule has 33 heavy (non-hydrogen) atoms. The highest BCUT2D eigenvalue weighted by molar-refractivity contribution is 6.36. The van der Waals surface area contributed by atoms with E-state index in [0.717, 1.165) is 44.2 Å². The van der Waals surface area contributed by atoms with E-state index < -0.39 is 5.91 Å². The molecule has 0 unspecified atom stereocenters. The molecular weight excluding hydrogens is 455 g/mol. The van der Waals surface area contributed by atoms with Crippen LogP contribution in [0.4, 0.5) is 0 Å². The Labute approximate surface area is 201 Å². The average Bonchev–Trinajstić information content (AvgIpc) is 3.12. The molecule has 1 heterocycles. The third kappa shape index (κ3) is 3.71. The number of rotatable bonds is 5. The number of para-hydroxylation sites is 1. The van der Waals surface area contributed by atoms with Crippen LogP contribution >= 0.6 is 23.2 Å². The maximum atomic E-state index is 12.3. The molecule has 2 N–H and O–H groups in total. The van der Waals surface area contributed by atoms with E-state index >= 15 is 0 Å². The van der Waals surface area contributed by atoms with Gasteiger partial charge in [0, 0.05) is 37.5 Å². The van der Waals surface area contributed by atoms with Gasteiger partial charge in [0.2, 0.25) is 5.91 Å². The molecule has 0 saturated heterocycles. The number of fused-ring (bicyclic) bond motifs is 3. The molecule has 6 heteroatoms. The van der Waals surface area contributed by atoms with E-state index in [4.69, 9.17) is 33.7 Å². The third-order valence-corrected chi connectivity index (χ3v) is 6.47. The molecule has 0 bridgehead atoms. The number of aromatic nitrogens is 1. The Balaban J connectivity index is 1.81. The quantitative estimate of drug-likeness (QED) is 0.300. The zero-order chi connectivity index (χ0) is 23.1. The summed E-state index contributed by atoms with van der Waals surface area (Å²) in [5.41, 5.74) is 11.0. The summed E-state index contributed by atoms with van der Waals surface area (Å²) in [6, 6.07) is 25.1. The van der Waals surface area contributed by atoms with E-state index in [1.807, 2.05) is 60.7 Å². The van der Waals surface area contributed by atoms with E-state index in [0.29, 0.717) is 22.2 Å². The summed E-state index contributed by atoms with van der Waals surface area (Å²) < 4.78 is 7.77. The second-order valence-electron chi connectivity index (χ2n) is 7.82. The van der Waals surface area contributed by atoms with Crippen LogP contribution in [0.2, 0.25) is 10.0 Å². The molecule has 0 saturated carbocycles. The molecular formula is C27H20Cl2N2O2. The molecule has 0 fully saturated rings. The monoisotopic (exact) mass is 474 g/mol. The number of benzene rings is 4. The van der Waals surface area contributed by atoms with Crippen molar-refractivity contribution in [1.29, 1.82) is 0 Å². The van der Waals surface area contributed by atoms with Crippen molar-refractivity contribution < 1.29 is 9.53 Å². The van der Waals surface area contributed by atoms with Gasteiger partial charge in [-0.25, -0.2) is 0 Å². The standard InChI is InChI=1S/C27H20Cl2N2O2/c1-33-25-8-3-2-5-17(25)15-31-23-7-4-6-21(27(30)32)26(23)20-11-9-16(13-24(20)31)19-12-10-18(28)14-22(19)29/h2-14H,15H2,1H3,(H2,30,32). The number of methoxy groups -OCH3 is 1. The summed E-state index contributed by atoms with van der Waals surface area (Å²) in [6.45, 7) is 0.560. The highest BCUT2D eigenvalue weighted by Gasteiger charge is 2.18. The van der Waals surface area contributed by atoms with Gasteiger partial charge in [-0.15, -0.1) is 0 Å². The van der Waals surface area contributed by atoms with Crippen LogP contribution in [0.25, 0.3) is 32.9 Å². The number of nitrogens with zero attached hydrogens (tertiary/aromatic N) is 1. The lowest BCUT2D eigenvalue weighted by Crippen LogP contribution is -2.11. The summed E-state index contributed by atoms with van der Waals surface area (Å²) in [4.78, 5) is 12.3. The molecule has 0 aliphatic heterocycles. The van der Waals surface area contributed by atoms with E-state index in [1.165, 1.54) is 0 Å². The molecule has 0 aliphatic carbocycles. The molecule has 1 amide bonds. The third-order valence-electron chi connectivity index (χ3n) is 5.92. The number of hydrogen-bond acceptors (Lipinski definition) is 2. The summed E-state index contributed by atoms with van der Waals surface area (Å²) in [5, 5.41) is 2.94. The van der Waals surface area contributed by atoms with Crippen molar-refractivity contribution in [1.82, 2.24) is 4.57 Å². The topological polar surface area (TPSA) is 57.2 Å². The van der Waals surface area contributed by atoms with Gasteiger partial charge in [0.15, 0.2) is 0 Å². The number of carbonyl (C=O) groups is 1. The molecule has 5 rings (SSSR count). The highest BCUT2D eigenvalue weighted by atomic mass is 35.5. The van der Waals surface area contributed by atoms with Crippen LogP contribution in [0, 0.1) is 0 Å². The molecule has 4 aromatic carbocycles. The Morgan fingerprint density at radius 1 is 0.939 bits per heavy atom. The minimum atomic E-state index is -0.457. The van der Waals surface area contributed by atoms with Crippen molar-refractivity contribution in [3.8, 4) is 16.9 Å². The predicted molar refractivity (Wildman–Crippen MR) is 136 cm³/mol. The highest BCUT2D eigenvalue weighted by Crippen LogP contribution is 2.37. The van der Waals surface area contributed by atoms with Gasteiger partial charge in [0.25, 0.3) is 0 Å². The summed E-state index contributed by atoms with van der Waals surface area (Å²) in [5.74, 6) is 0.345. The van der Waals surface area contributed by atoms with Crippen molar-refractivity contribution in [3.05, 3.63) is 100 Å². The van der Waals surface area contributed by atoms with Gasteiger partial charge in [0.05, 0.1) is 24.7 Å². The normalized spacial score (nSPS) is 11.2. The number of nitrogens with two attached hydrogens (primary N) is 1. The molecule has 5 aromatic rings. The van der Waals surface area contributed by atoms with E-state index in [2.05, 4.69) is 10.6 Å². The Bertz CT molecular complexity index is 1540. The fourth-order valence-corrected chi connectivity index (χ4v) is 4.93. The molecule has 164 valence electrons. The lowest BCUT2D eigenvalue weighted by atomic mass is 10.0. The molecule has 0 spiro atoms. The second-order valence-corrected chi connectivity index (χ2v) is 8.66. The van der Waals surface area contributed by atoms with Crippen LogP contribution < -0.4 is 10.5 Å². The van der Waals surface area contributed by atoms with Gasteiger partial charge >= 0.3 is 0 Å². The van der Waals surface area contributed by atoms with Gasteiger partial charge in [-0.1, -0.05) is 65.7 Å². The number of hydrogen-bond donors (Lipinski definition) is 1. The average molecular weight is 475 g/mol. The molecule has 4 nitrogen and oxygen atoms in total. The largest absolute Gasteiger partial charge is 0.496 e. The van der Waals surface area contributed by atoms with Crippen molar-refractivity contribution in [2.24, 2.45) is 5.73 Å². The first-order valence-electron chi connectivity index (χ1n) is 10.4. The lowest BCUT2D eigenvalue weighted by Gasteiger charge is -2.12. The molecule has 0 aliphatic rings. The van der Waals surface area contributed by atoms with Crippen LogP contribution in [0.5, 0.6) is 5.75 Å². The van der Waals surface area contributed by atoms with Gasteiger partial charge < -0.3 is 15.0 Å². The predicted octanol–water partition coefficient (Wildman–Crippen LogP) is 6.92. The minimum absolute atomic E-state index is 0.457. The summed E-state index contributed by atoms with van der Waals surface area (Å²) in [7, 11) is 1.66. The Hall–Kier alpha value is -3.47. The number of primary amides is 1. The summed E-state index contributed by atoms with van der Waals surface area (Å²) >= 11 is 12.6. The van der Waals surface area contributed by atoms with Crippen LogP contribution in [-0.2, 0) is 6.54 Å². The molecule has 0 radical (unpaired) electrons. The molecule has 1 aromatic heterocycles. The number of carbonyl (C=O) groups excluding carboxylic acids is 1. The number of amides is 1. The van der Waals surface area contributed by atoms with Gasteiger partial charge in [0.1, 0.15) is 5.75 Å².